The van der Waals surface area contributed by atoms with Crippen LogP contribution in [0.3, 0.4) is 0 Å². The molecule has 0 aliphatic rings. The molecule has 2 N–H and O–H groups in total. The minimum Gasteiger partial charge on any atom is -0.296 e. The number of benzene rings is 1. The number of nitrogens with one attached hydrogen (secondary N) is 2. The lowest BCUT2D eigenvalue weighted by Crippen LogP contribution is -2.17. The third-order valence-electron chi connectivity index (χ3n) is 2.75. The van der Waals surface area contributed by atoms with Gasteiger partial charge in [0, 0.05) is 0 Å². The summed E-state index contributed by atoms with van der Waals surface area (Å²) in [5.74, 6) is -0.442. The monoisotopic (exact) mass is 366 g/mol. The van der Waals surface area contributed by atoms with Gasteiger partial charge in [0.1, 0.15) is 10.4 Å². The zero-order valence-electron chi connectivity index (χ0n) is 11.5. The lowest BCUT2D eigenvalue weighted by molar-refractivity contribution is 0.103. The second-order valence-electron chi connectivity index (χ2n) is 4.28. The van der Waals surface area contributed by atoms with E-state index in [4.69, 9.17) is 0 Å². The van der Waals surface area contributed by atoms with Crippen molar-refractivity contribution in [3.8, 4) is 0 Å². The topological polar surface area (TPSA) is 101 Å². The third kappa shape index (κ3) is 3.55. The number of carbonyl (C=O) groups excluding carboxylic acids is 1. The van der Waals surface area contributed by atoms with Crippen molar-refractivity contribution in [3.63, 3.8) is 0 Å². The van der Waals surface area contributed by atoms with Gasteiger partial charge in [-0.1, -0.05) is 29.5 Å². The van der Waals surface area contributed by atoms with Crippen LogP contribution in [0, 0.1) is 0 Å². The number of thiophene rings is 1. The Kier molecular flexibility index (Phi) is 4.37. The summed E-state index contributed by atoms with van der Waals surface area (Å²) >= 11 is 2.31. The summed E-state index contributed by atoms with van der Waals surface area (Å²) in [4.78, 5) is 12.6. The van der Waals surface area contributed by atoms with Crippen molar-refractivity contribution in [3.05, 3.63) is 52.2 Å². The van der Waals surface area contributed by atoms with Crippen LogP contribution in [0.15, 0.2) is 52.2 Å². The average Bonchev–Trinajstić information content (AvgIpc) is 3.19. The minimum atomic E-state index is -3.75. The first-order valence-corrected chi connectivity index (χ1v) is 9.53. The average molecular weight is 366 g/mol. The van der Waals surface area contributed by atoms with E-state index in [9.17, 15) is 13.2 Å². The van der Waals surface area contributed by atoms with E-state index >= 15 is 0 Å². The fraction of sp³-hybridized carbons (Fsp3) is 0. The van der Waals surface area contributed by atoms with Gasteiger partial charge in [-0.2, -0.15) is 0 Å². The summed E-state index contributed by atoms with van der Waals surface area (Å²) in [6, 6.07) is 9.49. The largest absolute Gasteiger partial charge is 0.296 e. The highest BCUT2D eigenvalue weighted by molar-refractivity contribution is 7.92. The van der Waals surface area contributed by atoms with E-state index in [1.54, 1.807) is 29.6 Å². The summed E-state index contributed by atoms with van der Waals surface area (Å²) in [7, 11) is -3.75. The molecule has 0 fully saturated rings. The predicted octanol–water partition coefficient (Wildman–Crippen LogP) is 2.65. The van der Waals surface area contributed by atoms with Crippen LogP contribution >= 0.6 is 22.7 Å². The normalized spacial score (nSPS) is 11.1. The van der Waals surface area contributed by atoms with Crippen LogP contribution in [-0.4, -0.2) is 24.5 Å². The van der Waals surface area contributed by atoms with Crippen molar-refractivity contribution in [1.29, 1.82) is 0 Å². The molecule has 0 aliphatic heterocycles. The van der Waals surface area contributed by atoms with Gasteiger partial charge in [0.25, 0.3) is 15.9 Å². The van der Waals surface area contributed by atoms with Crippen LogP contribution in [0.5, 0.6) is 0 Å². The summed E-state index contributed by atoms with van der Waals surface area (Å²) in [5, 5.41) is 11.9. The van der Waals surface area contributed by atoms with Gasteiger partial charge in [0.05, 0.1) is 10.6 Å². The molecule has 3 rings (SSSR count). The Morgan fingerprint density at radius 1 is 1.09 bits per heavy atom. The maximum Gasteiger partial charge on any atom is 0.269 e. The molecule has 2 aromatic heterocycles. The molecule has 0 unspecified atom stereocenters. The van der Waals surface area contributed by atoms with Gasteiger partial charge >= 0.3 is 0 Å². The molecule has 23 heavy (non-hydrogen) atoms. The first-order valence-electron chi connectivity index (χ1n) is 6.29. The Morgan fingerprint density at radius 3 is 2.57 bits per heavy atom. The van der Waals surface area contributed by atoms with Crippen molar-refractivity contribution >= 4 is 49.4 Å². The molecule has 0 spiro atoms. The van der Waals surface area contributed by atoms with Gasteiger partial charge in [0.2, 0.25) is 5.13 Å². The number of nitrogens with zero attached hydrogens (tertiary/aromatic N) is 2. The summed E-state index contributed by atoms with van der Waals surface area (Å²) < 4.78 is 27.1. The van der Waals surface area contributed by atoms with Gasteiger partial charge in [-0.3, -0.25) is 14.8 Å². The lowest BCUT2D eigenvalue weighted by atomic mass is 10.4. The number of anilines is 2. The van der Waals surface area contributed by atoms with Crippen molar-refractivity contribution < 1.29 is 13.2 Å². The molecule has 118 valence electrons. The molecule has 7 nitrogen and oxygen atoms in total. The number of carbonyl (C=O) groups is 1. The Labute approximate surface area is 140 Å². The van der Waals surface area contributed by atoms with Crippen LogP contribution < -0.4 is 10.0 Å². The Hall–Kier alpha value is -2.30. The van der Waals surface area contributed by atoms with Crippen molar-refractivity contribution in [2.75, 3.05) is 10.0 Å². The molecule has 3 aromatic rings. The Bertz CT molecular complexity index is 905. The van der Waals surface area contributed by atoms with Gasteiger partial charge in [-0.15, -0.1) is 21.5 Å². The molecule has 0 aliphatic carbocycles. The highest BCUT2D eigenvalue weighted by Gasteiger charge is 2.20. The maximum atomic E-state index is 12.3. The van der Waals surface area contributed by atoms with E-state index in [0.717, 1.165) is 11.3 Å². The molecular weight excluding hydrogens is 356 g/mol. The highest BCUT2D eigenvalue weighted by atomic mass is 32.2. The fourth-order valence-corrected chi connectivity index (χ4v) is 4.09. The summed E-state index contributed by atoms with van der Waals surface area (Å²) in [5.41, 5.74) is 1.71. The minimum absolute atomic E-state index is 0.127. The van der Waals surface area contributed by atoms with Crippen LogP contribution in [0.1, 0.15) is 9.67 Å². The SMILES string of the molecule is O=C(Nc1nncs1)c1sccc1NS(=O)(=O)c1ccccc1. The first kappa shape index (κ1) is 15.6. The number of aromatic nitrogens is 2. The third-order valence-corrected chi connectivity index (χ3v) is 5.65. The van der Waals surface area contributed by atoms with Gasteiger partial charge in [-0.05, 0) is 23.6 Å². The van der Waals surface area contributed by atoms with E-state index in [0.29, 0.717) is 5.13 Å². The zero-order valence-corrected chi connectivity index (χ0v) is 13.9. The standard InChI is InChI=1S/C13H10N4O3S3/c18-12(15-13-16-14-8-22-13)11-10(6-7-21-11)17-23(19,20)9-4-2-1-3-5-9/h1-8,17H,(H,15,16,18). The van der Waals surface area contributed by atoms with Crippen molar-refractivity contribution in [2.24, 2.45) is 0 Å². The van der Waals surface area contributed by atoms with Gasteiger partial charge < -0.3 is 0 Å². The van der Waals surface area contributed by atoms with E-state index in [2.05, 4.69) is 20.2 Å². The van der Waals surface area contributed by atoms with E-state index < -0.39 is 15.9 Å². The number of hydrogen-bond donors (Lipinski definition) is 2. The molecule has 0 saturated heterocycles. The molecule has 10 heteroatoms. The van der Waals surface area contributed by atoms with Gasteiger partial charge in [-0.25, -0.2) is 8.42 Å². The number of hydrogen-bond acceptors (Lipinski definition) is 7. The maximum absolute atomic E-state index is 12.3. The van der Waals surface area contributed by atoms with E-state index in [1.165, 1.54) is 29.0 Å². The van der Waals surface area contributed by atoms with Crippen LogP contribution in [-0.2, 0) is 10.0 Å². The molecule has 0 saturated carbocycles. The predicted molar refractivity (Wildman–Crippen MR) is 89.4 cm³/mol. The second-order valence-corrected chi connectivity index (χ2v) is 7.71. The van der Waals surface area contributed by atoms with E-state index in [-0.39, 0.29) is 15.5 Å². The molecule has 1 amide bonds. The smallest absolute Gasteiger partial charge is 0.269 e. The van der Waals surface area contributed by atoms with Crippen molar-refractivity contribution in [1.82, 2.24) is 10.2 Å². The second kappa shape index (κ2) is 6.44. The molecule has 0 atom stereocenters. The Balaban J connectivity index is 1.83. The number of rotatable bonds is 5. The Morgan fingerprint density at radius 2 is 1.87 bits per heavy atom. The molecule has 0 bridgehead atoms. The molecule has 0 radical (unpaired) electrons. The molecular formula is C13H10N4O3S3. The van der Waals surface area contributed by atoms with Crippen LogP contribution in [0.2, 0.25) is 0 Å². The first-order chi connectivity index (χ1) is 11.1. The number of amides is 1. The molecule has 2 heterocycles. The highest BCUT2D eigenvalue weighted by Crippen LogP contribution is 2.26. The summed E-state index contributed by atoms with van der Waals surface area (Å²) in [6.07, 6.45) is 0. The molecule has 1 aromatic carbocycles. The number of sulfonamides is 1. The van der Waals surface area contributed by atoms with Gasteiger partial charge in [0.15, 0.2) is 0 Å². The quantitative estimate of drug-likeness (QED) is 0.723. The fourth-order valence-electron chi connectivity index (χ4n) is 1.75. The summed E-state index contributed by atoms with van der Waals surface area (Å²) in [6.45, 7) is 0. The van der Waals surface area contributed by atoms with E-state index in [1.807, 2.05) is 0 Å². The lowest BCUT2D eigenvalue weighted by Gasteiger charge is -2.08. The van der Waals surface area contributed by atoms with Crippen molar-refractivity contribution in [2.45, 2.75) is 4.90 Å². The van der Waals surface area contributed by atoms with Crippen LogP contribution in [0.25, 0.3) is 0 Å². The zero-order chi connectivity index (χ0) is 16.3. The van der Waals surface area contributed by atoms with Crippen LogP contribution in [0.4, 0.5) is 10.8 Å².